The summed E-state index contributed by atoms with van der Waals surface area (Å²) in [6.45, 7) is 1.84. The molecule has 18 heavy (non-hydrogen) atoms. The van der Waals surface area contributed by atoms with E-state index in [2.05, 4.69) is 0 Å². The molecule has 0 aliphatic heterocycles. The largest absolute Gasteiger partial charge is 0.481 e. The van der Waals surface area contributed by atoms with E-state index in [1.54, 1.807) is 19.1 Å². The molecule has 0 bridgehead atoms. The van der Waals surface area contributed by atoms with Crippen LogP contribution in [-0.4, -0.2) is 29.7 Å². The number of carbonyl (C=O) groups excluding carboxylic acids is 1. The van der Waals surface area contributed by atoms with Gasteiger partial charge in [-0.3, -0.25) is 9.59 Å². The van der Waals surface area contributed by atoms with Crippen molar-refractivity contribution in [2.24, 2.45) is 11.7 Å². The Hall–Kier alpha value is -1.88. The number of hydrogen-bond donors (Lipinski definition) is 2. The number of hydrogen-bond acceptors (Lipinski definition) is 4. The van der Waals surface area contributed by atoms with Gasteiger partial charge in [-0.15, -0.1) is 0 Å². The molecule has 5 heteroatoms. The summed E-state index contributed by atoms with van der Waals surface area (Å²) in [4.78, 5) is 22.6. The highest BCUT2D eigenvalue weighted by molar-refractivity contribution is 5.83. The Balaban J connectivity index is 2.77. The van der Waals surface area contributed by atoms with Crippen LogP contribution in [0.5, 0.6) is 0 Å². The quantitative estimate of drug-likeness (QED) is 0.730. The first-order chi connectivity index (χ1) is 8.56. The normalized spacial score (nSPS) is 13.7. The molecule has 5 nitrogen and oxygen atoms in total. The van der Waals surface area contributed by atoms with Crippen molar-refractivity contribution in [3.63, 3.8) is 0 Å². The Morgan fingerprint density at radius 3 is 2.44 bits per heavy atom. The molecule has 1 rings (SSSR count). The van der Waals surface area contributed by atoms with Gasteiger partial charge in [0.2, 0.25) is 0 Å². The average molecular weight is 251 g/mol. The minimum atomic E-state index is -1.15. The molecule has 0 radical (unpaired) electrons. The van der Waals surface area contributed by atoms with Gasteiger partial charge in [-0.2, -0.15) is 0 Å². The van der Waals surface area contributed by atoms with E-state index in [9.17, 15) is 9.59 Å². The van der Waals surface area contributed by atoms with Gasteiger partial charge in [0.15, 0.2) is 0 Å². The summed E-state index contributed by atoms with van der Waals surface area (Å²) in [5.41, 5.74) is 6.46. The molecule has 0 aliphatic carbocycles. The lowest BCUT2D eigenvalue weighted by Gasteiger charge is -2.18. The molecule has 0 unspecified atom stereocenters. The number of ether oxygens (including phenoxy) is 1. The minimum absolute atomic E-state index is 0.185. The Kier molecular flexibility index (Phi) is 5.32. The molecule has 2 atom stereocenters. The van der Waals surface area contributed by atoms with Crippen molar-refractivity contribution in [2.45, 2.75) is 19.4 Å². The standard InChI is InChI=1S/C13H17NO4/c1-2-18-13(17)11(14)10(12(15)16)8-9-6-4-3-5-7-9/h3-7,10-11H,2,8,14H2,1H3,(H,15,16)/t10-,11-/m0/s1. The maximum absolute atomic E-state index is 11.5. The first kappa shape index (κ1) is 14.2. The lowest BCUT2D eigenvalue weighted by Crippen LogP contribution is -2.44. The van der Waals surface area contributed by atoms with Crippen LogP contribution in [0, 0.1) is 5.92 Å². The minimum Gasteiger partial charge on any atom is -0.481 e. The van der Waals surface area contributed by atoms with E-state index in [1.165, 1.54) is 0 Å². The molecular weight excluding hydrogens is 234 g/mol. The monoisotopic (exact) mass is 251 g/mol. The summed E-state index contributed by atoms with van der Waals surface area (Å²) in [6.07, 6.45) is 0.205. The summed E-state index contributed by atoms with van der Waals surface area (Å²) >= 11 is 0. The highest BCUT2D eigenvalue weighted by atomic mass is 16.5. The molecule has 0 aliphatic rings. The lowest BCUT2D eigenvalue weighted by atomic mass is 9.93. The molecule has 0 spiro atoms. The average Bonchev–Trinajstić information content (AvgIpc) is 2.36. The van der Waals surface area contributed by atoms with Gasteiger partial charge in [0.25, 0.3) is 0 Å². The molecule has 0 saturated heterocycles. The van der Waals surface area contributed by atoms with Crippen molar-refractivity contribution in [3.8, 4) is 0 Å². The third-order valence-corrected chi connectivity index (χ3v) is 2.61. The number of nitrogens with two attached hydrogens (primary N) is 1. The Labute approximate surface area is 106 Å². The van der Waals surface area contributed by atoms with Gasteiger partial charge in [0, 0.05) is 0 Å². The molecular formula is C13H17NO4. The van der Waals surface area contributed by atoms with Crippen molar-refractivity contribution < 1.29 is 19.4 Å². The van der Waals surface area contributed by atoms with Gasteiger partial charge in [0.05, 0.1) is 12.5 Å². The maximum atomic E-state index is 11.5. The fraction of sp³-hybridized carbons (Fsp3) is 0.385. The molecule has 0 fully saturated rings. The number of carboxylic acid groups (broad SMARTS) is 1. The molecule has 0 saturated carbocycles. The van der Waals surface area contributed by atoms with Crippen LogP contribution in [0.15, 0.2) is 30.3 Å². The zero-order valence-corrected chi connectivity index (χ0v) is 10.2. The second kappa shape index (κ2) is 6.76. The van der Waals surface area contributed by atoms with Gasteiger partial charge in [-0.25, -0.2) is 0 Å². The summed E-state index contributed by atoms with van der Waals surface area (Å²) in [5, 5.41) is 9.13. The van der Waals surface area contributed by atoms with Crippen molar-refractivity contribution in [3.05, 3.63) is 35.9 Å². The third-order valence-electron chi connectivity index (χ3n) is 2.61. The van der Waals surface area contributed by atoms with Crippen LogP contribution in [0.4, 0.5) is 0 Å². The van der Waals surface area contributed by atoms with Crippen molar-refractivity contribution in [1.82, 2.24) is 0 Å². The molecule has 1 aromatic rings. The number of aliphatic carboxylic acids is 1. The van der Waals surface area contributed by atoms with Crippen LogP contribution < -0.4 is 5.73 Å². The smallest absolute Gasteiger partial charge is 0.323 e. The van der Waals surface area contributed by atoms with Crippen LogP contribution in [0.1, 0.15) is 12.5 Å². The first-order valence-electron chi connectivity index (χ1n) is 5.75. The van der Waals surface area contributed by atoms with E-state index in [1.807, 2.05) is 18.2 Å². The lowest BCUT2D eigenvalue weighted by molar-refractivity contribution is -0.153. The Bertz CT molecular complexity index is 405. The molecule has 0 heterocycles. The van der Waals surface area contributed by atoms with Gasteiger partial charge < -0.3 is 15.6 Å². The number of carbonyl (C=O) groups is 2. The first-order valence-corrected chi connectivity index (χ1v) is 5.75. The van der Waals surface area contributed by atoms with Crippen molar-refractivity contribution >= 4 is 11.9 Å². The summed E-state index contributed by atoms with van der Waals surface area (Å²) in [7, 11) is 0. The van der Waals surface area contributed by atoms with Crippen molar-refractivity contribution in [2.75, 3.05) is 6.61 Å². The van der Waals surface area contributed by atoms with Gasteiger partial charge in [-0.05, 0) is 18.9 Å². The van der Waals surface area contributed by atoms with E-state index < -0.39 is 23.9 Å². The Morgan fingerprint density at radius 1 is 1.33 bits per heavy atom. The second-order valence-electron chi connectivity index (χ2n) is 3.91. The molecule has 0 aromatic heterocycles. The van der Waals surface area contributed by atoms with Crippen LogP contribution in [-0.2, 0) is 20.7 Å². The second-order valence-corrected chi connectivity index (χ2v) is 3.91. The van der Waals surface area contributed by atoms with E-state index >= 15 is 0 Å². The van der Waals surface area contributed by atoms with E-state index in [-0.39, 0.29) is 13.0 Å². The zero-order chi connectivity index (χ0) is 13.5. The van der Waals surface area contributed by atoms with Crippen LogP contribution in [0.25, 0.3) is 0 Å². The number of esters is 1. The van der Waals surface area contributed by atoms with E-state index in [0.717, 1.165) is 5.56 Å². The van der Waals surface area contributed by atoms with Crippen LogP contribution in [0.3, 0.4) is 0 Å². The van der Waals surface area contributed by atoms with Gasteiger partial charge >= 0.3 is 11.9 Å². The zero-order valence-electron chi connectivity index (χ0n) is 10.2. The number of rotatable bonds is 6. The highest BCUT2D eigenvalue weighted by Gasteiger charge is 2.31. The van der Waals surface area contributed by atoms with Crippen LogP contribution >= 0.6 is 0 Å². The summed E-state index contributed by atoms with van der Waals surface area (Å²) < 4.78 is 4.75. The highest BCUT2D eigenvalue weighted by Crippen LogP contribution is 2.13. The SMILES string of the molecule is CCOC(=O)[C@@H](N)[C@H](Cc1ccccc1)C(=O)O. The molecule has 0 amide bonds. The fourth-order valence-corrected chi connectivity index (χ4v) is 1.64. The predicted octanol–water partition coefficient (Wildman–Crippen LogP) is 0.820. The van der Waals surface area contributed by atoms with Crippen LogP contribution in [0.2, 0.25) is 0 Å². The Morgan fingerprint density at radius 2 is 1.94 bits per heavy atom. The summed E-state index contributed by atoms with van der Waals surface area (Å²) in [5.74, 6) is -2.76. The number of carboxylic acids is 1. The van der Waals surface area contributed by atoms with E-state index in [4.69, 9.17) is 15.6 Å². The van der Waals surface area contributed by atoms with Crippen molar-refractivity contribution in [1.29, 1.82) is 0 Å². The third kappa shape index (κ3) is 3.85. The summed E-state index contributed by atoms with van der Waals surface area (Å²) in [6, 6.07) is 7.91. The molecule has 98 valence electrons. The fourth-order valence-electron chi connectivity index (χ4n) is 1.64. The van der Waals surface area contributed by atoms with Gasteiger partial charge in [-0.1, -0.05) is 30.3 Å². The molecule has 3 N–H and O–H groups in total. The number of benzene rings is 1. The van der Waals surface area contributed by atoms with Gasteiger partial charge in [0.1, 0.15) is 6.04 Å². The molecule has 1 aromatic carbocycles. The predicted molar refractivity (Wildman–Crippen MR) is 65.9 cm³/mol. The topological polar surface area (TPSA) is 89.6 Å². The van der Waals surface area contributed by atoms with E-state index in [0.29, 0.717) is 0 Å². The maximum Gasteiger partial charge on any atom is 0.323 e.